The van der Waals surface area contributed by atoms with Gasteiger partial charge in [0.25, 0.3) is 0 Å². The summed E-state index contributed by atoms with van der Waals surface area (Å²) in [4.78, 5) is 26.4. The molecule has 0 saturated heterocycles. The van der Waals surface area contributed by atoms with Gasteiger partial charge in [0.15, 0.2) is 0 Å². The van der Waals surface area contributed by atoms with Gasteiger partial charge in [-0.2, -0.15) is 0 Å². The van der Waals surface area contributed by atoms with Crippen molar-refractivity contribution >= 4 is 12.1 Å². The number of amides is 1. The second-order valence-corrected chi connectivity index (χ2v) is 8.41. The van der Waals surface area contributed by atoms with Crippen LogP contribution < -0.4 is 0 Å². The van der Waals surface area contributed by atoms with E-state index in [2.05, 4.69) is 13.8 Å². The minimum atomic E-state index is -0.566. The first-order valence-corrected chi connectivity index (χ1v) is 9.71. The number of likely N-dealkylation sites (N-methyl/N-ethyl adjacent to an activating group) is 1. The first kappa shape index (κ1) is 24.0. The number of ether oxygens (including phenoxy) is 3. The molecule has 1 amide bonds. The number of hydrogen-bond acceptors (Lipinski definition) is 5. The summed E-state index contributed by atoms with van der Waals surface area (Å²) >= 11 is 0. The van der Waals surface area contributed by atoms with Crippen LogP contribution in [0.25, 0.3) is 0 Å². The van der Waals surface area contributed by atoms with E-state index in [4.69, 9.17) is 14.2 Å². The molecule has 6 heteroatoms. The van der Waals surface area contributed by atoms with E-state index >= 15 is 0 Å². The van der Waals surface area contributed by atoms with Gasteiger partial charge < -0.3 is 19.1 Å². The molecule has 0 aliphatic heterocycles. The lowest BCUT2D eigenvalue weighted by molar-refractivity contribution is -0.158. The van der Waals surface area contributed by atoms with E-state index < -0.39 is 17.8 Å². The van der Waals surface area contributed by atoms with E-state index in [1.165, 1.54) is 4.90 Å². The highest BCUT2D eigenvalue weighted by Crippen LogP contribution is 2.21. The maximum Gasteiger partial charge on any atom is 0.410 e. The summed E-state index contributed by atoms with van der Waals surface area (Å²) in [6.45, 7) is 9.80. The van der Waals surface area contributed by atoms with Crippen LogP contribution in [0.3, 0.4) is 0 Å². The summed E-state index contributed by atoms with van der Waals surface area (Å²) in [5.74, 6) is -0.0372. The highest BCUT2D eigenvalue weighted by atomic mass is 16.6. The van der Waals surface area contributed by atoms with Gasteiger partial charge in [0, 0.05) is 14.2 Å². The predicted molar refractivity (Wildman–Crippen MR) is 109 cm³/mol. The average Bonchev–Trinajstić information content (AvgIpc) is 2.61. The van der Waals surface area contributed by atoms with Crippen molar-refractivity contribution in [3.63, 3.8) is 0 Å². The van der Waals surface area contributed by atoms with Gasteiger partial charge in [-0.3, -0.25) is 4.79 Å². The number of benzene rings is 1. The molecule has 0 unspecified atom stereocenters. The lowest BCUT2D eigenvalue weighted by Crippen LogP contribution is -2.47. The van der Waals surface area contributed by atoms with Crippen LogP contribution in [0, 0.1) is 5.92 Å². The Hall–Kier alpha value is -2.08. The van der Waals surface area contributed by atoms with E-state index in [1.807, 2.05) is 51.1 Å². The molecule has 0 heterocycles. The molecular formula is C22H35NO5. The average molecular weight is 394 g/mol. The standard InChI is InChI=1S/C22H35NO5/c1-16(2)13-18(19(26-7)14-20(24)28-22(3,4)5)23(6)21(25)27-15-17-11-9-8-10-12-17/h8-12,16,18-19H,13-15H2,1-7H3/t18-,19+/m0/s1. The molecule has 0 aromatic heterocycles. The van der Waals surface area contributed by atoms with Crippen molar-refractivity contribution in [2.45, 2.75) is 71.8 Å². The zero-order valence-corrected chi connectivity index (χ0v) is 18.2. The molecule has 0 saturated carbocycles. The fourth-order valence-corrected chi connectivity index (χ4v) is 2.92. The Morgan fingerprint density at radius 2 is 1.71 bits per heavy atom. The Bertz CT molecular complexity index is 609. The third-order valence-electron chi connectivity index (χ3n) is 4.22. The number of methoxy groups -OCH3 is 1. The number of hydrogen-bond donors (Lipinski definition) is 0. The number of esters is 1. The van der Waals surface area contributed by atoms with Crippen molar-refractivity contribution in [1.29, 1.82) is 0 Å². The van der Waals surface area contributed by atoms with Crippen LogP contribution in [0.1, 0.15) is 53.0 Å². The van der Waals surface area contributed by atoms with Gasteiger partial charge >= 0.3 is 12.1 Å². The second-order valence-electron chi connectivity index (χ2n) is 8.41. The van der Waals surface area contributed by atoms with Crippen LogP contribution in [-0.2, 0) is 25.6 Å². The topological polar surface area (TPSA) is 65.1 Å². The van der Waals surface area contributed by atoms with Crippen LogP contribution in [0.15, 0.2) is 30.3 Å². The fourth-order valence-electron chi connectivity index (χ4n) is 2.92. The first-order valence-electron chi connectivity index (χ1n) is 9.71. The molecule has 0 aliphatic carbocycles. The Labute approximate surface area is 169 Å². The molecule has 0 fully saturated rings. The Morgan fingerprint density at radius 1 is 1.11 bits per heavy atom. The second kappa shape index (κ2) is 11.1. The Balaban J connectivity index is 2.81. The highest BCUT2D eigenvalue weighted by molar-refractivity contribution is 5.71. The maximum atomic E-state index is 12.6. The summed E-state index contributed by atoms with van der Waals surface area (Å²) < 4.78 is 16.4. The van der Waals surface area contributed by atoms with Crippen LogP contribution >= 0.6 is 0 Å². The predicted octanol–water partition coefficient (Wildman–Crippen LogP) is 4.42. The third kappa shape index (κ3) is 8.74. The summed E-state index contributed by atoms with van der Waals surface area (Å²) in [5.41, 5.74) is 0.352. The molecule has 6 nitrogen and oxygen atoms in total. The molecule has 2 atom stereocenters. The Morgan fingerprint density at radius 3 is 2.21 bits per heavy atom. The van der Waals surface area contributed by atoms with Gasteiger partial charge in [0.1, 0.15) is 12.2 Å². The molecule has 0 spiro atoms. The smallest absolute Gasteiger partial charge is 0.410 e. The van der Waals surface area contributed by atoms with Gasteiger partial charge in [0.05, 0.1) is 18.6 Å². The molecular weight excluding hydrogens is 358 g/mol. The van der Waals surface area contributed by atoms with Crippen molar-refractivity contribution in [1.82, 2.24) is 4.90 Å². The maximum absolute atomic E-state index is 12.6. The SMILES string of the molecule is CO[C@H](CC(=O)OC(C)(C)C)[C@H](CC(C)C)N(C)C(=O)OCc1ccccc1. The monoisotopic (exact) mass is 393 g/mol. The van der Waals surface area contributed by atoms with Crippen molar-refractivity contribution in [3.05, 3.63) is 35.9 Å². The summed E-state index contributed by atoms with van der Waals surface area (Å²) in [7, 11) is 3.23. The van der Waals surface area contributed by atoms with Crippen molar-refractivity contribution < 1.29 is 23.8 Å². The number of carbonyl (C=O) groups excluding carboxylic acids is 2. The van der Waals surface area contributed by atoms with Crippen molar-refractivity contribution in [2.24, 2.45) is 5.92 Å². The van der Waals surface area contributed by atoms with Crippen LogP contribution in [0.5, 0.6) is 0 Å². The van der Waals surface area contributed by atoms with Crippen LogP contribution in [0.2, 0.25) is 0 Å². The van der Waals surface area contributed by atoms with Gasteiger partial charge in [-0.25, -0.2) is 4.79 Å². The molecule has 28 heavy (non-hydrogen) atoms. The Kier molecular flexibility index (Phi) is 9.46. The van der Waals surface area contributed by atoms with Crippen molar-refractivity contribution in [3.8, 4) is 0 Å². The first-order chi connectivity index (χ1) is 13.0. The minimum absolute atomic E-state index is 0.0709. The largest absolute Gasteiger partial charge is 0.460 e. The summed E-state index contributed by atoms with van der Waals surface area (Å²) in [5, 5.41) is 0. The molecule has 1 aromatic rings. The van der Waals surface area contributed by atoms with E-state index in [0.717, 1.165) is 5.56 Å². The minimum Gasteiger partial charge on any atom is -0.460 e. The van der Waals surface area contributed by atoms with E-state index in [-0.39, 0.29) is 25.0 Å². The molecule has 0 bridgehead atoms. The molecule has 1 rings (SSSR count). The summed E-state index contributed by atoms with van der Waals surface area (Å²) in [6.07, 6.45) is -0.174. The third-order valence-corrected chi connectivity index (χ3v) is 4.22. The number of carbonyl (C=O) groups is 2. The van der Waals surface area contributed by atoms with Gasteiger partial charge in [-0.05, 0) is 38.7 Å². The van der Waals surface area contributed by atoms with Crippen LogP contribution in [0.4, 0.5) is 4.79 Å². The zero-order valence-electron chi connectivity index (χ0n) is 18.2. The number of rotatable bonds is 9. The lowest BCUT2D eigenvalue weighted by Gasteiger charge is -2.34. The summed E-state index contributed by atoms with van der Waals surface area (Å²) in [6, 6.07) is 9.21. The van der Waals surface area contributed by atoms with Gasteiger partial charge in [0.2, 0.25) is 0 Å². The van der Waals surface area contributed by atoms with Gasteiger partial charge in [-0.15, -0.1) is 0 Å². The number of nitrogens with zero attached hydrogens (tertiary/aromatic N) is 1. The van der Waals surface area contributed by atoms with E-state index in [0.29, 0.717) is 12.3 Å². The lowest BCUT2D eigenvalue weighted by atomic mass is 9.96. The molecule has 1 aromatic carbocycles. The zero-order chi connectivity index (χ0) is 21.3. The van der Waals surface area contributed by atoms with E-state index in [9.17, 15) is 9.59 Å². The van der Waals surface area contributed by atoms with E-state index in [1.54, 1.807) is 14.2 Å². The quantitative estimate of drug-likeness (QED) is 0.581. The van der Waals surface area contributed by atoms with Gasteiger partial charge in [-0.1, -0.05) is 44.2 Å². The molecule has 158 valence electrons. The molecule has 0 aliphatic rings. The van der Waals surface area contributed by atoms with Crippen LogP contribution in [-0.4, -0.2) is 48.9 Å². The normalized spacial score (nSPS) is 13.7. The fraction of sp³-hybridized carbons (Fsp3) is 0.636. The highest BCUT2D eigenvalue weighted by Gasteiger charge is 2.33. The molecule has 0 radical (unpaired) electrons. The van der Waals surface area contributed by atoms with Crippen molar-refractivity contribution in [2.75, 3.05) is 14.2 Å². The molecule has 0 N–H and O–H groups in total.